The quantitative estimate of drug-likeness (QED) is 0.821. The monoisotopic (exact) mass is 372 g/mol. The maximum absolute atomic E-state index is 12.3. The molecule has 4 rings (SSSR count). The summed E-state index contributed by atoms with van der Waals surface area (Å²) in [6.45, 7) is 14.3. The number of anilines is 1. The lowest BCUT2D eigenvalue weighted by Crippen LogP contribution is -2.50. The van der Waals surface area contributed by atoms with Crippen molar-refractivity contribution >= 4 is 11.8 Å². The van der Waals surface area contributed by atoms with Gasteiger partial charge < -0.3 is 19.9 Å². The van der Waals surface area contributed by atoms with Gasteiger partial charge in [-0.15, -0.1) is 0 Å². The molecule has 0 spiro atoms. The van der Waals surface area contributed by atoms with Crippen molar-refractivity contribution in [1.82, 2.24) is 15.1 Å². The molecule has 0 saturated carbocycles. The third-order valence-corrected chi connectivity index (χ3v) is 5.88. The van der Waals surface area contributed by atoms with Gasteiger partial charge in [0.25, 0.3) is 0 Å². The fourth-order valence-electron chi connectivity index (χ4n) is 4.45. The second kappa shape index (κ2) is 6.99. The van der Waals surface area contributed by atoms with E-state index in [1.165, 1.54) is 16.8 Å². The number of hydrogen-bond acceptors (Lipinski definition) is 5. The molecule has 1 aromatic carbocycles. The molecular weight excluding hydrogens is 340 g/mol. The molecule has 0 radical (unpaired) electrons. The lowest BCUT2D eigenvalue weighted by molar-refractivity contribution is 0.0240. The van der Waals surface area contributed by atoms with Crippen LogP contribution in [0, 0.1) is 0 Å². The van der Waals surface area contributed by atoms with Crippen LogP contribution in [0.15, 0.2) is 18.2 Å². The molecule has 1 amide bonds. The number of nitrogens with one attached hydrogen (secondary N) is 1. The SMILES string of the molecule is C[C@@H]1CNCC2c3ccc(N4CCN(C(=O)OC(C)(C)C)CC4)cc3CN21. The van der Waals surface area contributed by atoms with E-state index in [0.29, 0.717) is 25.2 Å². The zero-order valence-electron chi connectivity index (χ0n) is 17.0. The lowest BCUT2D eigenvalue weighted by atomic mass is 10.0. The Bertz CT molecular complexity index is 707. The van der Waals surface area contributed by atoms with Crippen molar-refractivity contribution in [3.05, 3.63) is 29.3 Å². The van der Waals surface area contributed by atoms with E-state index in [1.54, 1.807) is 0 Å². The molecule has 0 bridgehead atoms. The summed E-state index contributed by atoms with van der Waals surface area (Å²) < 4.78 is 5.50. The van der Waals surface area contributed by atoms with Crippen molar-refractivity contribution < 1.29 is 9.53 Å². The van der Waals surface area contributed by atoms with Gasteiger partial charge in [0.2, 0.25) is 0 Å². The largest absolute Gasteiger partial charge is 0.444 e. The Labute approximate surface area is 162 Å². The van der Waals surface area contributed by atoms with Crippen LogP contribution in [0.25, 0.3) is 0 Å². The van der Waals surface area contributed by atoms with Crippen molar-refractivity contribution in [2.45, 2.75) is 51.9 Å². The Morgan fingerprint density at radius 3 is 2.59 bits per heavy atom. The number of carbonyl (C=O) groups is 1. The third-order valence-electron chi connectivity index (χ3n) is 5.88. The van der Waals surface area contributed by atoms with Crippen molar-refractivity contribution in [1.29, 1.82) is 0 Å². The van der Waals surface area contributed by atoms with E-state index in [-0.39, 0.29) is 6.09 Å². The number of benzene rings is 1. The van der Waals surface area contributed by atoms with Gasteiger partial charge in [-0.25, -0.2) is 4.79 Å². The fourth-order valence-corrected chi connectivity index (χ4v) is 4.45. The first kappa shape index (κ1) is 18.6. The van der Waals surface area contributed by atoms with E-state index in [0.717, 1.165) is 32.7 Å². The summed E-state index contributed by atoms with van der Waals surface area (Å²) >= 11 is 0. The van der Waals surface area contributed by atoms with Crippen molar-refractivity contribution in [3.8, 4) is 0 Å². The Kier molecular flexibility index (Phi) is 4.80. The Hall–Kier alpha value is -1.79. The second-order valence-corrected chi connectivity index (χ2v) is 9.03. The molecule has 3 aliphatic rings. The molecule has 6 heteroatoms. The average molecular weight is 373 g/mol. The normalized spacial score (nSPS) is 25.9. The minimum absolute atomic E-state index is 0.200. The summed E-state index contributed by atoms with van der Waals surface area (Å²) in [6, 6.07) is 8.03. The van der Waals surface area contributed by atoms with Crippen LogP contribution >= 0.6 is 0 Å². The number of piperazine rings is 2. The lowest BCUT2D eigenvalue weighted by Gasteiger charge is -2.37. The van der Waals surface area contributed by atoms with Crippen LogP contribution in [0.5, 0.6) is 0 Å². The van der Waals surface area contributed by atoms with Gasteiger partial charge in [-0.3, -0.25) is 4.90 Å². The van der Waals surface area contributed by atoms with E-state index in [2.05, 4.69) is 40.2 Å². The summed E-state index contributed by atoms with van der Waals surface area (Å²) in [5.41, 5.74) is 3.78. The van der Waals surface area contributed by atoms with E-state index in [9.17, 15) is 4.79 Å². The van der Waals surface area contributed by atoms with Crippen molar-refractivity contribution in [2.75, 3.05) is 44.2 Å². The molecule has 0 aliphatic carbocycles. The van der Waals surface area contributed by atoms with Gasteiger partial charge in [0.15, 0.2) is 0 Å². The first-order valence-corrected chi connectivity index (χ1v) is 10.1. The maximum Gasteiger partial charge on any atom is 0.410 e. The summed E-state index contributed by atoms with van der Waals surface area (Å²) in [7, 11) is 0. The molecule has 6 nitrogen and oxygen atoms in total. The standard InChI is InChI=1S/C21H32N4O2/c1-15-12-22-13-19-18-6-5-17(11-16(18)14-25(15)19)23-7-9-24(10-8-23)20(26)27-21(2,3)4/h5-6,11,15,19,22H,7-10,12-14H2,1-4H3/t15-,19?/m1/s1. The molecule has 1 aromatic rings. The molecule has 3 aliphatic heterocycles. The highest BCUT2D eigenvalue weighted by Gasteiger charge is 2.36. The highest BCUT2D eigenvalue weighted by molar-refractivity contribution is 5.68. The van der Waals surface area contributed by atoms with Gasteiger partial charge in [-0.1, -0.05) is 6.07 Å². The van der Waals surface area contributed by atoms with Crippen molar-refractivity contribution in [3.63, 3.8) is 0 Å². The smallest absolute Gasteiger partial charge is 0.410 e. The maximum atomic E-state index is 12.3. The van der Waals surface area contributed by atoms with Crippen LogP contribution in [0.2, 0.25) is 0 Å². The molecule has 0 aromatic heterocycles. The molecule has 2 atom stereocenters. The van der Waals surface area contributed by atoms with Crippen LogP contribution in [0.4, 0.5) is 10.5 Å². The number of rotatable bonds is 1. The minimum Gasteiger partial charge on any atom is -0.444 e. The number of fused-ring (bicyclic) bond motifs is 3. The third kappa shape index (κ3) is 3.78. The zero-order valence-corrected chi connectivity index (χ0v) is 17.0. The molecular formula is C21H32N4O2. The van der Waals surface area contributed by atoms with E-state index >= 15 is 0 Å². The van der Waals surface area contributed by atoms with Gasteiger partial charge in [0.05, 0.1) is 0 Å². The zero-order chi connectivity index (χ0) is 19.2. The minimum atomic E-state index is -0.438. The van der Waals surface area contributed by atoms with Crippen LogP contribution in [-0.4, -0.2) is 66.8 Å². The summed E-state index contributed by atoms with van der Waals surface area (Å²) in [4.78, 5) is 19.1. The van der Waals surface area contributed by atoms with Crippen LogP contribution in [0.3, 0.4) is 0 Å². The number of carbonyl (C=O) groups excluding carboxylic acids is 1. The summed E-state index contributed by atoms with van der Waals surface area (Å²) in [5.74, 6) is 0. The molecule has 1 unspecified atom stereocenters. The average Bonchev–Trinajstić information content (AvgIpc) is 3.00. The molecule has 1 N–H and O–H groups in total. The molecule has 148 valence electrons. The number of nitrogens with zero attached hydrogens (tertiary/aromatic N) is 3. The number of ether oxygens (including phenoxy) is 1. The first-order chi connectivity index (χ1) is 12.8. The van der Waals surface area contributed by atoms with Crippen molar-refractivity contribution in [2.24, 2.45) is 0 Å². The van der Waals surface area contributed by atoms with Gasteiger partial charge in [-0.2, -0.15) is 0 Å². The molecule has 2 fully saturated rings. The van der Waals surface area contributed by atoms with Gasteiger partial charge >= 0.3 is 6.09 Å². The van der Waals surface area contributed by atoms with E-state index in [4.69, 9.17) is 4.74 Å². The Balaban J connectivity index is 1.40. The predicted octanol–water partition coefficient (Wildman–Crippen LogP) is 2.59. The highest BCUT2D eigenvalue weighted by atomic mass is 16.6. The summed E-state index contributed by atoms with van der Waals surface area (Å²) in [5, 5.41) is 3.55. The fraction of sp³-hybridized carbons (Fsp3) is 0.667. The molecule has 3 heterocycles. The summed E-state index contributed by atoms with van der Waals surface area (Å²) in [6.07, 6.45) is -0.200. The van der Waals surface area contributed by atoms with Crippen LogP contribution in [-0.2, 0) is 11.3 Å². The van der Waals surface area contributed by atoms with E-state index in [1.807, 2.05) is 25.7 Å². The molecule has 2 saturated heterocycles. The van der Waals surface area contributed by atoms with Gasteiger partial charge in [0.1, 0.15) is 5.60 Å². The Morgan fingerprint density at radius 1 is 1.15 bits per heavy atom. The van der Waals surface area contributed by atoms with Crippen LogP contribution < -0.4 is 10.2 Å². The second-order valence-electron chi connectivity index (χ2n) is 9.03. The number of hydrogen-bond donors (Lipinski definition) is 1. The van der Waals surface area contributed by atoms with Crippen LogP contribution in [0.1, 0.15) is 44.9 Å². The van der Waals surface area contributed by atoms with E-state index < -0.39 is 5.60 Å². The molecule has 27 heavy (non-hydrogen) atoms. The topological polar surface area (TPSA) is 48.1 Å². The van der Waals surface area contributed by atoms with Gasteiger partial charge in [-0.05, 0) is 51.0 Å². The van der Waals surface area contributed by atoms with Gasteiger partial charge in [0, 0.05) is 63.6 Å². The first-order valence-electron chi connectivity index (χ1n) is 10.1. The number of amides is 1. The predicted molar refractivity (Wildman–Crippen MR) is 107 cm³/mol. The Morgan fingerprint density at radius 2 is 1.89 bits per heavy atom. The highest BCUT2D eigenvalue weighted by Crippen LogP contribution is 2.38.